The number of hydrogen-bond acceptors (Lipinski definition) is 5. The van der Waals surface area contributed by atoms with E-state index >= 15 is 0 Å². The van der Waals surface area contributed by atoms with Crippen molar-refractivity contribution in [2.45, 2.75) is 43.2 Å². The van der Waals surface area contributed by atoms with Crippen molar-refractivity contribution in [3.63, 3.8) is 0 Å². The average Bonchev–Trinajstić information content (AvgIpc) is 2.60. The minimum Gasteiger partial charge on any atom is -0.381 e. The number of ether oxygens (including phenoxy) is 1. The lowest BCUT2D eigenvalue weighted by atomic mass is 9.87. The zero-order valence-corrected chi connectivity index (χ0v) is 14.9. The third-order valence-corrected chi connectivity index (χ3v) is 6.02. The molecule has 3 aliphatic rings. The van der Waals surface area contributed by atoms with Gasteiger partial charge >= 0.3 is 0 Å². The SMILES string of the molecule is COC1CCC(CN2CCN(C3CNNC(=O)C3Cl)CC2=O)CC1. The monoisotopic (exact) mass is 358 g/mol. The van der Waals surface area contributed by atoms with E-state index in [-0.39, 0.29) is 17.9 Å². The number of carbonyl (C=O) groups excluding carboxylic acids is 2. The first-order valence-corrected chi connectivity index (χ1v) is 9.23. The van der Waals surface area contributed by atoms with Crippen LogP contribution in [-0.2, 0) is 14.3 Å². The Morgan fingerprint density at radius 1 is 1.21 bits per heavy atom. The highest BCUT2D eigenvalue weighted by Crippen LogP contribution is 2.27. The summed E-state index contributed by atoms with van der Waals surface area (Å²) in [5.74, 6) is 0.498. The number of nitrogens with one attached hydrogen (secondary N) is 2. The Hall–Kier alpha value is -0.890. The van der Waals surface area contributed by atoms with Crippen molar-refractivity contribution in [2.24, 2.45) is 5.92 Å². The summed E-state index contributed by atoms with van der Waals surface area (Å²) in [5.41, 5.74) is 5.38. The van der Waals surface area contributed by atoms with Gasteiger partial charge in [0.2, 0.25) is 5.91 Å². The number of hydrazine groups is 1. The van der Waals surface area contributed by atoms with Crippen molar-refractivity contribution in [3.8, 4) is 0 Å². The van der Waals surface area contributed by atoms with Crippen molar-refractivity contribution in [1.29, 1.82) is 0 Å². The molecule has 0 aromatic rings. The van der Waals surface area contributed by atoms with Crippen molar-refractivity contribution >= 4 is 23.4 Å². The van der Waals surface area contributed by atoms with E-state index in [1.807, 2.05) is 9.80 Å². The molecule has 2 amide bonds. The Morgan fingerprint density at radius 3 is 2.62 bits per heavy atom. The Balaban J connectivity index is 1.49. The first-order chi connectivity index (χ1) is 11.6. The molecule has 2 N–H and O–H groups in total. The number of piperazine rings is 1. The van der Waals surface area contributed by atoms with E-state index in [0.29, 0.717) is 31.7 Å². The molecule has 2 heterocycles. The molecule has 2 aliphatic heterocycles. The van der Waals surface area contributed by atoms with Crippen LogP contribution in [0.5, 0.6) is 0 Å². The summed E-state index contributed by atoms with van der Waals surface area (Å²) in [6.45, 7) is 3.23. The van der Waals surface area contributed by atoms with Crippen LogP contribution in [0.2, 0.25) is 0 Å². The molecule has 1 saturated carbocycles. The average molecular weight is 359 g/mol. The van der Waals surface area contributed by atoms with Gasteiger partial charge in [-0.2, -0.15) is 0 Å². The highest BCUT2D eigenvalue weighted by molar-refractivity contribution is 6.31. The fourth-order valence-electron chi connectivity index (χ4n) is 3.97. The Kier molecular flexibility index (Phi) is 5.97. The highest BCUT2D eigenvalue weighted by Gasteiger charge is 2.38. The van der Waals surface area contributed by atoms with Gasteiger partial charge in [-0.05, 0) is 31.6 Å². The first-order valence-electron chi connectivity index (χ1n) is 8.80. The van der Waals surface area contributed by atoms with Crippen molar-refractivity contribution in [3.05, 3.63) is 0 Å². The van der Waals surface area contributed by atoms with Gasteiger partial charge in [0.05, 0.1) is 12.6 Å². The molecule has 1 aliphatic carbocycles. The number of rotatable bonds is 4. The molecule has 2 atom stereocenters. The van der Waals surface area contributed by atoms with Crippen LogP contribution in [-0.4, -0.2) is 79.0 Å². The van der Waals surface area contributed by atoms with Gasteiger partial charge in [0.15, 0.2) is 0 Å². The van der Waals surface area contributed by atoms with Crippen LogP contribution in [0.15, 0.2) is 0 Å². The molecule has 0 spiro atoms. The molecule has 2 saturated heterocycles. The van der Waals surface area contributed by atoms with E-state index in [1.54, 1.807) is 7.11 Å². The van der Waals surface area contributed by atoms with E-state index in [4.69, 9.17) is 16.3 Å². The van der Waals surface area contributed by atoms with Gasteiger partial charge in [0.25, 0.3) is 5.91 Å². The van der Waals surface area contributed by atoms with Crippen LogP contribution in [0.4, 0.5) is 0 Å². The molecule has 0 aromatic heterocycles. The van der Waals surface area contributed by atoms with Crippen LogP contribution in [0.3, 0.4) is 0 Å². The van der Waals surface area contributed by atoms with Gasteiger partial charge < -0.3 is 9.64 Å². The molecule has 24 heavy (non-hydrogen) atoms. The Labute approximate surface area is 148 Å². The summed E-state index contributed by atoms with van der Waals surface area (Å²) >= 11 is 6.20. The van der Waals surface area contributed by atoms with Crippen LogP contribution in [0.25, 0.3) is 0 Å². The second-order valence-corrected chi connectivity index (χ2v) is 7.50. The number of amides is 2. The number of methoxy groups -OCH3 is 1. The summed E-state index contributed by atoms with van der Waals surface area (Å²) in [5, 5.41) is -0.616. The summed E-state index contributed by atoms with van der Waals surface area (Å²) in [6, 6.07) is -0.136. The van der Waals surface area contributed by atoms with Crippen LogP contribution in [0, 0.1) is 5.92 Å². The van der Waals surface area contributed by atoms with Crippen LogP contribution in [0.1, 0.15) is 25.7 Å². The van der Waals surface area contributed by atoms with Gasteiger partial charge in [0.1, 0.15) is 5.38 Å². The minimum atomic E-state index is -0.616. The molecule has 7 nitrogen and oxygen atoms in total. The molecule has 3 rings (SSSR count). The summed E-state index contributed by atoms with van der Waals surface area (Å²) in [4.78, 5) is 28.2. The van der Waals surface area contributed by atoms with Gasteiger partial charge in [-0.3, -0.25) is 19.9 Å². The molecule has 3 fully saturated rings. The topological polar surface area (TPSA) is 73.9 Å². The second-order valence-electron chi connectivity index (χ2n) is 7.03. The first kappa shape index (κ1) is 17.9. The molecule has 136 valence electrons. The lowest BCUT2D eigenvalue weighted by Crippen LogP contribution is -2.65. The third-order valence-electron chi connectivity index (χ3n) is 5.53. The summed E-state index contributed by atoms with van der Waals surface area (Å²) in [7, 11) is 1.78. The van der Waals surface area contributed by atoms with E-state index in [1.165, 1.54) is 0 Å². The maximum atomic E-state index is 12.5. The number of halogens is 1. The zero-order valence-electron chi connectivity index (χ0n) is 14.2. The number of hydrogen-bond donors (Lipinski definition) is 2. The quantitative estimate of drug-likeness (QED) is 0.689. The number of carbonyl (C=O) groups is 2. The smallest absolute Gasteiger partial charge is 0.253 e. The van der Waals surface area contributed by atoms with E-state index < -0.39 is 5.38 Å². The summed E-state index contributed by atoms with van der Waals surface area (Å²) < 4.78 is 5.41. The van der Waals surface area contributed by atoms with Gasteiger partial charge in [-0.25, -0.2) is 5.43 Å². The fraction of sp³-hybridized carbons (Fsp3) is 0.875. The standard InChI is InChI=1S/C16H27ClN4O3/c1-24-12-4-2-11(3-5-12)9-21-7-6-20(10-14(21)22)13-8-18-19-16(23)15(13)17/h11-13,15,18H,2-10H2,1H3,(H,19,23). The van der Waals surface area contributed by atoms with Crippen molar-refractivity contribution in [2.75, 3.05) is 39.8 Å². The normalized spacial score (nSPS) is 35.8. The van der Waals surface area contributed by atoms with E-state index in [2.05, 4.69) is 10.9 Å². The molecule has 8 heteroatoms. The maximum Gasteiger partial charge on any atom is 0.253 e. The largest absolute Gasteiger partial charge is 0.381 e. The van der Waals surface area contributed by atoms with Crippen molar-refractivity contribution < 1.29 is 14.3 Å². The maximum absolute atomic E-state index is 12.5. The summed E-state index contributed by atoms with van der Waals surface area (Å²) in [6.07, 6.45) is 4.82. The minimum absolute atomic E-state index is 0.136. The zero-order chi connectivity index (χ0) is 17.1. The van der Waals surface area contributed by atoms with Crippen LogP contribution >= 0.6 is 11.6 Å². The lowest BCUT2D eigenvalue weighted by Gasteiger charge is -2.42. The highest BCUT2D eigenvalue weighted by atomic mass is 35.5. The second kappa shape index (κ2) is 7.99. The molecule has 0 radical (unpaired) electrons. The van der Waals surface area contributed by atoms with Gasteiger partial charge in [-0.15, -0.1) is 11.6 Å². The predicted octanol–water partition coefficient (Wildman–Crippen LogP) is -0.0538. The Morgan fingerprint density at radius 2 is 1.96 bits per heavy atom. The van der Waals surface area contributed by atoms with Gasteiger partial charge in [-0.1, -0.05) is 0 Å². The van der Waals surface area contributed by atoms with Crippen molar-refractivity contribution in [1.82, 2.24) is 20.7 Å². The van der Waals surface area contributed by atoms with E-state index in [0.717, 1.165) is 38.8 Å². The van der Waals surface area contributed by atoms with E-state index in [9.17, 15) is 9.59 Å². The molecular formula is C16H27ClN4O3. The Bertz CT molecular complexity index is 470. The number of alkyl halides is 1. The molecule has 2 unspecified atom stereocenters. The fourth-order valence-corrected chi connectivity index (χ4v) is 4.27. The van der Waals surface area contributed by atoms with Crippen LogP contribution < -0.4 is 10.9 Å². The third kappa shape index (κ3) is 4.02. The number of nitrogens with zero attached hydrogens (tertiary/aromatic N) is 2. The lowest BCUT2D eigenvalue weighted by molar-refractivity contribution is -0.139. The molecule has 0 aromatic carbocycles. The van der Waals surface area contributed by atoms with Gasteiger partial charge in [0, 0.05) is 39.3 Å². The predicted molar refractivity (Wildman–Crippen MR) is 90.5 cm³/mol. The molecule has 0 bridgehead atoms. The molecular weight excluding hydrogens is 332 g/mol.